The third-order valence-electron chi connectivity index (χ3n) is 13.1. The van der Waals surface area contributed by atoms with Crippen molar-refractivity contribution < 1.29 is 53.4 Å². The number of hydrogen-bond acceptors (Lipinski definition) is 11. The zero-order valence-corrected chi connectivity index (χ0v) is 43.7. The molecule has 76 heavy (non-hydrogen) atoms. The van der Waals surface area contributed by atoms with Crippen molar-refractivity contribution in [2.45, 2.75) is 135 Å². The van der Waals surface area contributed by atoms with E-state index in [2.05, 4.69) is 52.2 Å². The van der Waals surface area contributed by atoms with E-state index < -0.39 is 114 Å². The van der Waals surface area contributed by atoms with Crippen molar-refractivity contribution in [3.8, 4) is 0 Å². The van der Waals surface area contributed by atoms with Crippen molar-refractivity contribution in [1.29, 1.82) is 0 Å². The predicted molar refractivity (Wildman–Crippen MR) is 283 cm³/mol. The number of likely N-dealkylation sites (tertiary alicyclic amines) is 1. The zero-order chi connectivity index (χ0) is 55.8. The highest BCUT2D eigenvalue weighted by atomic mass is 16.4. The van der Waals surface area contributed by atoms with Gasteiger partial charge in [0.05, 0.1) is 6.61 Å². The normalized spacial score (nSPS) is 16.1. The maximum absolute atomic E-state index is 14.7. The molecule has 4 aromatic rings. The monoisotopic (exact) mass is 1060 g/mol. The highest BCUT2D eigenvalue weighted by Gasteiger charge is 2.41. The molecule has 1 fully saturated rings. The first-order valence-corrected chi connectivity index (χ1v) is 25.5. The summed E-state index contributed by atoms with van der Waals surface area (Å²) in [5, 5.41) is 39.8. The number of carbonyl (C=O) groups excluding carboxylic acids is 8. The summed E-state index contributed by atoms with van der Waals surface area (Å²) in [6.07, 6.45) is 4.13. The molecule has 24 nitrogen and oxygen atoms in total. The Bertz CT molecular complexity index is 2750. The maximum Gasteiger partial charge on any atom is 0.326 e. The lowest BCUT2D eigenvalue weighted by atomic mass is 9.99. The number of aromatic nitrogens is 2. The summed E-state index contributed by atoms with van der Waals surface area (Å²) in [6, 6.07) is 4.62. The molecular weight excluding hydrogens is 983 g/mol. The standard InChI is InChI=1S/C52H73N13O11/c1-27(2)21-38(46(70)60-37(17-11-19-55-52(53)54)45(69)63-40(51(75)76)23-32-25-57-36-16-10-8-14-34(32)36)61-47(71)39(22-31-24-56-35-15-9-7-13-33(31)35)62-49(73)42-18-12-20-65(42)50(74)43(28(3)4)64-44(68)29(5)58-48(72)41(26-66)59-30(6)67/h7-10,13-16,24-25,27-29,37-43,56-57,66H,11-12,17-23,26H2,1-6H3,(H,58,72)(H,59,67)(H,60,70)(H,61,71)(H,62,73)(H,63,69)(H,64,68)(H,75,76)(H4,53,54,55)/t29-,37-,38-,39-,40-,41-,42-,43-/m0/s1. The molecule has 3 heterocycles. The first-order chi connectivity index (χ1) is 36.1. The lowest BCUT2D eigenvalue weighted by Gasteiger charge is -2.32. The van der Waals surface area contributed by atoms with E-state index in [9.17, 15) is 53.4 Å². The summed E-state index contributed by atoms with van der Waals surface area (Å²) in [7, 11) is 0. The molecule has 0 bridgehead atoms. The van der Waals surface area contributed by atoms with E-state index in [4.69, 9.17) is 11.5 Å². The first kappa shape index (κ1) is 58.9. The number of amides is 8. The van der Waals surface area contributed by atoms with Crippen LogP contribution >= 0.6 is 0 Å². The second-order valence-electron chi connectivity index (χ2n) is 19.9. The molecule has 24 heteroatoms. The fourth-order valence-electron chi connectivity index (χ4n) is 9.10. The van der Waals surface area contributed by atoms with Crippen LogP contribution in [0, 0.1) is 11.8 Å². The molecule has 0 radical (unpaired) electrons. The third-order valence-corrected chi connectivity index (χ3v) is 13.1. The molecule has 0 saturated carbocycles. The van der Waals surface area contributed by atoms with Crippen LogP contribution in [-0.4, -0.2) is 152 Å². The summed E-state index contributed by atoms with van der Waals surface area (Å²) < 4.78 is 0. The van der Waals surface area contributed by atoms with Crippen LogP contribution in [0.1, 0.15) is 84.8 Å². The minimum Gasteiger partial charge on any atom is -0.480 e. The van der Waals surface area contributed by atoms with E-state index in [1.807, 2.05) is 62.4 Å². The Kier molecular flexibility index (Phi) is 21.3. The number of aliphatic hydroxyl groups is 1. The predicted octanol–water partition coefficient (Wildman–Crippen LogP) is -0.309. The Labute approximate surface area is 440 Å². The van der Waals surface area contributed by atoms with Crippen molar-refractivity contribution >= 4 is 81.0 Å². The second kappa shape index (κ2) is 27.5. The number of aliphatic hydroxyl groups excluding tert-OH is 1. The van der Waals surface area contributed by atoms with Gasteiger partial charge in [-0.2, -0.15) is 0 Å². The number of benzene rings is 2. The van der Waals surface area contributed by atoms with Gasteiger partial charge in [-0.1, -0.05) is 64.1 Å². The molecule has 5 rings (SSSR count). The van der Waals surface area contributed by atoms with Crippen LogP contribution in [0.15, 0.2) is 65.9 Å². The van der Waals surface area contributed by atoms with Crippen LogP contribution < -0.4 is 48.7 Å². The van der Waals surface area contributed by atoms with Gasteiger partial charge in [0.25, 0.3) is 0 Å². The highest BCUT2D eigenvalue weighted by Crippen LogP contribution is 2.24. The molecule has 8 amide bonds. The van der Waals surface area contributed by atoms with Gasteiger partial charge in [0, 0.05) is 67.1 Å². The number of H-pyrrole nitrogens is 2. The van der Waals surface area contributed by atoms with Gasteiger partial charge >= 0.3 is 5.97 Å². The molecule has 2 aromatic heterocycles. The van der Waals surface area contributed by atoms with Gasteiger partial charge in [0.2, 0.25) is 47.3 Å². The van der Waals surface area contributed by atoms with Crippen LogP contribution in [-0.2, 0) is 56.0 Å². The van der Waals surface area contributed by atoms with Gasteiger partial charge in [-0.05, 0) is 74.1 Å². The van der Waals surface area contributed by atoms with Crippen molar-refractivity contribution in [2.75, 3.05) is 19.7 Å². The van der Waals surface area contributed by atoms with Crippen molar-refractivity contribution in [3.05, 3.63) is 72.1 Å². The molecule has 2 aromatic carbocycles. The van der Waals surface area contributed by atoms with E-state index in [-0.39, 0.29) is 63.5 Å². The number of para-hydroxylation sites is 2. The number of rotatable bonds is 27. The van der Waals surface area contributed by atoms with E-state index in [0.29, 0.717) is 17.5 Å². The van der Waals surface area contributed by atoms with Crippen LogP contribution in [0.3, 0.4) is 0 Å². The van der Waals surface area contributed by atoms with Crippen LogP contribution in [0.5, 0.6) is 0 Å². The fraction of sp³-hybridized carbons (Fsp3) is 0.500. The van der Waals surface area contributed by atoms with E-state index in [0.717, 1.165) is 21.8 Å². The highest BCUT2D eigenvalue weighted by molar-refractivity contribution is 5.99. The van der Waals surface area contributed by atoms with Crippen molar-refractivity contribution in [2.24, 2.45) is 28.3 Å². The lowest BCUT2D eigenvalue weighted by molar-refractivity contribution is -0.143. The largest absolute Gasteiger partial charge is 0.480 e. The summed E-state index contributed by atoms with van der Waals surface area (Å²) in [6.45, 7) is 9.10. The molecule has 0 aliphatic carbocycles. The zero-order valence-electron chi connectivity index (χ0n) is 43.7. The Morgan fingerprint density at radius 2 is 1.22 bits per heavy atom. The number of nitrogens with zero attached hydrogens (tertiary/aromatic N) is 2. The van der Waals surface area contributed by atoms with Crippen molar-refractivity contribution in [3.63, 3.8) is 0 Å². The van der Waals surface area contributed by atoms with Crippen LogP contribution in [0.2, 0.25) is 0 Å². The van der Waals surface area contributed by atoms with E-state index in [1.54, 1.807) is 26.2 Å². The average molecular weight is 1060 g/mol. The van der Waals surface area contributed by atoms with E-state index >= 15 is 0 Å². The SMILES string of the molecule is CC(=O)N[C@@H](CO)C(=O)N[C@@H](C)C(=O)N[C@H](C(=O)N1CCC[C@H]1C(=O)N[C@@H](Cc1c[nH]c2ccccc12)C(=O)N[C@@H](CC(C)C)C(=O)N[C@@H](CCCN=C(N)N)C(=O)N[C@@H](Cc1c[nH]c2ccccc12)C(=O)O)C(C)C. The summed E-state index contributed by atoms with van der Waals surface area (Å²) in [5.41, 5.74) is 13.9. The third kappa shape index (κ3) is 16.2. The number of hydrogen-bond donors (Lipinski definition) is 13. The Balaban J connectivity index is 1.36. The smallest absolute Gasteiger partial charge is 0.326 e. The summed E-state index contributed by atoms with van der Waals surface area (Å²) >= 11 is 0. The molecular formula is C52H73N13O11. The van der Waals surface area contributed by atoms with Gasteiger partial charge in [0.15, 0.2) is 5.96 Å². The molecule has 412 valence electrons. The molecule has 1 saturated heterocycles. The quantitative estimate of drug-likeness (QED) is 0.0207. The number of fused-ring (bicyclic) bond motifs is 2. The second-order valence-corrected chi connectivity index (χ2v) is 19.9. The van der Waals surface area contributed by atoms with Gasteiger partial charge in [0.1, 0.15) is 48.3 Å². The number of carbonyl (C=O) groups is 9. The van der Waals surface area contributed by atoms with E-state index in [1.165, 1.54) is 18.7 Å². The van der Waals surface area contributed by atoms with Crippen molar-refractivity contribution in [1.82, 2.24) is 52.1 Å². The number of nitrogens with two attached hydrogens (primary N) is 2. The minimum absolute atomic E-state index is 0.0199. The molecule has 1 aliphatic rings. The van der Waals surface area contributed by atoms with Gasteiger partial charge in [-0.25, -0.2) is 4.79 Å². The number of carboxylic acid groups (broad SMARTS) is 1. The maximum atomic E-state index is 14.7. The van der Waals surface area contributed by atoms with Gasteiger partial charge in [-0.3, -0.25) is 43.3 Å². The Morgan fingerprint density at radius 3 is 1.78 bits per heavy atom. The lowest BCUT2D eigenvalue weighted by Crippen LogP contribution is -2.61. The molecule has 8 atom stereocenters. The molecule has 1 aliphatic heterocycles. The first-order valence-electron chi connectivity index (χ1n) is 25.5. The number of aliphatic imine (C=N–C) groups is 1. The number of aliphatic carboxylic acids is 1. The van der Waals surface area contributed by atoms with Crippen LogP contribution in [0.4, 0.5) is 0 Å². The summed E-state index contributed by atoms with van der Waals surface area (Å²) in [5.74, 6) is -7.86. The van der Waals surface area contributed by atoms with Crippen LogP contribution in [0.25, 0.3) is 21.8 Å². The number of guanidine groups is 1. The summed E-state index contributed by atoms with van der Waals surface area (Å²) in [4.78, 5) is 134. The average Bonchev–Trinajstić information content (AvgIpc) is 4.14. The molecule has 0 unspecified atom stereocenters. The number of aromatic amines is 2. The topological polar surface area (TPSA) is 378 Å². The minimum atomic E-state index is -1.39. The Hall–Kier alpha value is -8.02. The van der Waals surface area contributed by atoms with Gasteiger partial charge < -0.3 is 73.8 Å². The van der Waals surface area contributed by atoms with Gasteiger partial charge in [-0.15, -0.1) is 0 Å². The number of carboxylic acids is 1. The molecule has 15 N–H and O–H groups in total. The fourth-order valence-corrected chi connectivity index (χ4v) is 9.10. The Morgan fingerprint density at radius 1 is 0.684 bits per heavy atom. The number of nitrogens with one attached hydrogen (secondary N) is 9. The molecule has 0 spiro atoms.